The highest BCUT2D eigenvalue weighted by Gasteiger charge is 2.40. The van der Waals surface area contributed by atoms with Gasteiger partial charge in [0.05, 0.1) is 0 Å². The third-order valence-corrected chi connectivity index (χ3v) is 3.58. The number of rotatable bonds is 4. The van der Waals surface area contributed by atoms with E-state index in [1.54, 1.807) is 13.8 Å². The van der Waals surface area contributed by atoms with Crippen LogP contribution < -0.4 is 5.32 Å². The van der Waals surface area contributed by atoms with Crippen LogP contribution in [0.2, 0.25) is 0 Å². The lowest BCUT2D eigenvalue weighted by molar-refractivity contribution is -0.112. The summed E-state index contributed by atoms with van der Waals surface area (Å²) in [4.78, 5) is 26.0. The molecule has 5 nitrogen and oxygen atoms in total. The molecule has 0 spiro atoms. The molecule has 0 aromatic heterocycles. The fourth-order valence-electron chi connectivity index (χ4n) is 2.48. The second kappa shape index (κ2) is 5.87. The highest BCUT2D eigenvalue weighted by Crippen LogP contribution is 2.36. The average molecular weight is 284 g/mol. The number of hydrogen-bond acceptors (Lipinski definition) is 5. The van der Waals surface area contributed by atoms with Crippen LogP contribution in [0.1, 0.15) is 13.8 Å². The van der Waals surface area contributed by atoms with E-state index in [-0.39, 0.29) is 11.5 Å². The van der Waals surface area contributed by atoms with E-state index in [1.807, 2.05) is 30.3 Å². The van der Waals surface area contributed by atoms with E-state index < -0.39 is 5.72 Å². The van der Waals surface area contributed by atoms with Gasteiger partial charge in [0.2, 0.25) is 11.9 Å². The minimum Gasteiger partial charge on any atom is -0.351 e. The van der Waals surface area contributed by atoms with Crippen LogP contribution in [-0.4, -0.2) is 24.7 Å². The van der Waals surface area contributed by atoms with Gasteiger partial charge >= 0.3 is 0 Å². The van der Waals surface area contributed by atoms with Crippen LogP contribution in [0.5, 0.6) is 0 Å². The molecule has 2 rings (SSSR count). The van der Waals surface area contributed by atoms with Crippen LogP contribution in [0.25, 0.3) is 0 Å². The number of carbonyl (C=O) groups excluding carboxylic acids is 2. The molecule has 0 fully saturated rings. The number of isocyanates is 1. The topological polar surface area (TPSA) is 67.8 Å². The fourth-order valence-corrected chi connectivity index (χ4v) is 2.48. The number of ether oxygens (including phenoxy) is 1. The van der Waals surface area contributed by atoms with Gasteiger partial charge < -0.3 is 10.1 Å². The van der Waals surface area contributed by atoms with Crippen LogP contribution in [0.4, 0.5) is 5.69 Å². The number of benzene rings is 1. The number of methoxy groups -OCH3 is 1. The number of nitrogens with zero attached hydrogens (tertiary/aromatic N) is 1. The molecule has 108 valence electrons. The maximum absolute atomic E-state index is 12.0. The van der Waals surface area contributed by atoms with Crippen molar-refractivity contribution in [3.63, 3.8) is 0 Å². The maximum atomic E-state index is 12.0. The molecule has 0 heterocycles. The number of nitrogens with one attached hydrogen (secondary N) is 1. The lowest BCUT2D eigenvalue weighted by atomic mass is 9.87. The van der Waals surface area contributed by atoms with E-state index in [2.05, 4.69) is 10.3 Å². The van der Waals surface area contributed by atoms with E-state index >= 15 is 0 Å². The summed E-state index contributed by atoms with van der Waals surface area (Å²) in [7, 11) is 1.54. The summed E-state index contributed by atoms with van der Waals surface area (Å²) in [6.45, 7) is 3.51. The van der Waals surface area contributed by atoms with Crippen molar-refractivity contribution in [1.82, 2.24) is 0 Å². The van der Waals surface area contributed by atoms with Crippen molar-refractivity contribution >= 4 is 17.6 Å². The van der Waals surface area contributed by atoms with Gasteiger partial charge in [0.1, 0.15) is 5.70 Å². The SMILES string of the molecule is COC1(Nc2ccccc2)C(C)=CC(=O)C(N=C=O)=C1C. The molecule has 21 heavy (non-hydrogen) atoms. The predicted molar refractivity (Wildman–Crippen MR) is 79.4 cm³/mol. The summed E-state index contributed by atoms with van der Waals surface area (Å²) in [6.07, 6.45) is 2.84. The second-order valence-corrected chi connectivity index (χ2v) is 4.74. The minimum atomic E-state index is -1.01. The number of allylic oxidation sites excluding steroid dienone is 1. The average Bonchev–Trinajstić information content (AvgIpc) is 2.49. The fraction of sp³-hybridized carbons (Fsp3) is 0.250. The van der Waals surface area contributed by atoms with Gasteiger partial charge in [-0.15, -0.1) is 0 Å². The van der Waals surface area contributed by atoms with Gasteiger partial charge in [0, 0.05) is 18.4 Å². The van der Waals surface area contributed by atoms with Crippen molar-refractivity contribution in [2.45, 2.75) is 19.6 Å². The normalized spacial score (nSPS) is 21.7. The van der Waals surface area contributed by atoms with Gasteiger partial charge in [-0.2, -0.15) is 4.99 Å². The quantitative estimate of drug-likeness (QED) is 0.524. The zero-order chi connectivity index (χ0) is 15.5. The lowest BCUT2D eigenvalue weighted by Crippen LogP contribution is -2.46. The Bertz CT molecular complexity index is 670. The molecule has 1 aliphatic rings. The van der Waals surface area contributed by atoms with Crippen LogP contribution in [0.3, 0.4) is 0 Å². The predicted octanol–water partition coefficient (Wildman–Crippen LogP) is 2.58. The molecule has 0 saturated heterocycles. The highest BCUT2D eigenvalue weighted by molar-refractivity contribution is 6.07. The second-order valence-electron chi connectivity index (χ2n) is 4.74. The molecule has 0 saturated carbocycles. The molecule has 0 amide bonds. The molecule has 0 aliphatic heterocycles. The van der Waals surface area contributed by atoms with Crippen molar-refractivity contribution in [3.8, 4) is 0 Å². The first-order chi connectivity index (χ1) is 10.0. The van der Waals surface area contributed by atoms with E-state index in [0.29, 0.717) is 11.1 Å². The molecule has 1 atom stereocenters. The minimum absolute atomic E-state index is 0.0564. The number of carbonyl (C=O) groups is 1. The maximum Gasteiger partial charge on any atom is 0.240 e. The Morgan fingerprint density at radius 3 is 2.48 bits per heavy atom. The summed E-state index contributed by atoms with van der Waals surface area (Å²) in [6, 6.07) is 9.47. The van der Waals surface area contributed by atoms with Crippen molar-refractivity contribution < 1.29 is 14.3 Å². The summed E-state index contributed by atoms with van der Waals surface area (Å²) >= 11 is 0. The molecule has 1 aromatic rings. The molecule has 1 unspecified atom stereocenters. The van der Waals surface area contributed by atoms with E-state index in [9.17, 15) is 9.59 Å². The van der Waals surface area contributed by atoms with Crippen molar-refractivity contribution in [2.75, 3.05) is 12.4 Å². The zero-order valence-corrected chi connectivity index (χ0v) is 12.1. The molecule has 5 heteroatoms. The zero-order valence-electron chi connectivity index (χ0n) is 12.1. The molecule has 0 bridgehead atoms. The van der Waals surface area contributed by atoms with Crippen molar-refractivity contribution in [3.05, 3.63) is 53.3 Å². The van der Waals surface area contributed by atoms with Gasteiger partial charge in [-0.05, 0) is 37.6 Å². The Hall–Kier alpha value is -2.49. The number of anilines is 1. The summed E-state index contributed by atoms with van der Waals surface area (Å²) < 4.78 is 5.65. The summed E-state index contributed by atoms with van der Waals surface area (Å²) in [5.74, 6) is -0.323. The van der Waals surface area contributed by atoms with Crippen molar-refractivity contribution in [1.29, 1.82) is 0 Å². The Balaban J connectivity index is 2.56. The Morgan fingerprint density at radius 2 is 1.90 bits per heavy atom. The van der Waals surface area contributed by atoms with E-state index in [4.69, 9.17) is 4.74 Å². The lowest BCUT2D eigenvalue weighted by Gasteiger charge is -2.38. The van der Waals surface area contributed by atoms with Gasteiger partial charge in [-0.3, -0.25) is 4.79 Å². The first-order valence-electron chi connectivity index (χ1n) is 6.46. The summed E-state index contributed by atoms with van der Waals surface area (Å²) in [5, 5.41) is 3.26. The van der Waals surface area contributed by atoms with Crippen LogP contribution in [-0.2, 0) is 14.3 Å². The van der Waals surface area contributed by atoms with Crippen LogP contribution in [0, 0.1) is 0 Å². The number of ketones is 1. The van der Waals surface area contributed by atoms with Crippen LogP contribution >= 0.6 is 0 Å². The first kappa shape index (κ1) is 14.9. The first-order valence-corrected chi connectivity index (χ1v) is 6.46. The molecule has 1 aromatic carbocycles. The standard InChI is InChI=1S/C16H16N2O3/c1-11-9-14(20)15(17-10-19)12(2)16(11,21-3)18-13-7-5-4-6-8-13/h4-9,18H,1-3H3. The Labute approximate surface area is 123 Å². The van der Waals surface area contributed by atoms with E-state index in [0.717, 1.165) is 5.69 Å². The van der Waals surface area contributed by atoms with Gasteiger partial charge in [-0.25, -0.2) is 4.79 Å². The number of para-hydroxylation sites is 1. The number of hydrogen-bond donors (Lipinski definition) is 1. The van der Waals surface area contributed by atoms with Gasteiger partial charge in [-0.1, -0.05) is 18.2 Å². The molecular formula is C16H16N2O3. The smallest absolute Gasteiger partial charge is 0.240 e. The monoisotopic (exact) mass is 284 g/mol. The molecule has 0 radical (unpaired) electrons. The van der Waals surface area contributed by atoms with Gasteiger partial charge in [0.15, 0.2) is 5.72 Å². The van der Waals surface area contributed by atoms with Gasteiger partial charge in [0.25, 0.3) is 0 Å². The Morgan fingerprint density at radius 1 is 1.24 bits per heavy atom. The van der Waals surface area contributed by atoms with E-state index in [1.165, 1.54) is 19.3 Å². The van der Waals surface area contributed by atoms with Crippen molar-refractivity contribution in [2.24, 2.45) is 4.99 Å². The highest BCUT2D eigenvalue weighted by atomic mass is 16.5. The summed E-state index contributed by atoms with van der Waals surface area (Å²) in [5.41, 5.74) is 1.10. The Kier molecular flexibility index (Phi) is 4.17. The number of aliphatic imine (C=N–C) groups is 1. The molecule has 1 N–H and O–H groups in total. The third kappa shape index (κ3) is 2.57. The largest absolute Gasteiger partial charge is 0.351 e. The molecular weight excluding hydrogens is 268 g/mol. The third-order valence-electron chi connectivity index (χ3n) is 3.58. The molecule has 1 aliphatic carbocycles. The van der Waals surface area contributed by atoms with Crippen LogP contribution in [0.15, 0.2) is 58.2 Å².